The van der Waals surface area contributed by atoms with Gasteiger partial charge in [-0.25, -0.2) is 0 Å². The average Bonchev–Trinajstić information content (AvgIpc) is 2.46. The van der Waals surface area contributed by atoms with E-state index in [1.165, 1.54) is 45.2 Å². The maximum atomic E-state index is 9.22. The van der Waals surface area contributed by atoms with Crippen molar-refractivity contribution in [3.63, 3.8) is 0 Å². The number of hydrogen-bond donors (Lipinski definition) is 2. The van der Waals surface area contributed by atoms with E-state index in [0.29, 0.717) is 29.9 Å². The van der Waals surface area contributed by atoms with E-state index in [9.17, 15) is 5.11 Å². The lowest BCUT2D eigenvalue weighted by atomic mass is 9.67. The molecule has 1 heterocycles. The first kappa shape index (κ1) is 17.2. The van der Waals surface area contributed by atoms with Crippen LogP contribution in [0, 0.1) is 23.2 Å². The Bertz CT molecular complexity index is 311. The van der Waals surface area contributed by atoms with E-state index in [-0.39, 0.29) is 0 Å². The lowest BCUT2D eigenvalue weighted by Crippen LogP contribution is -2.51. The Morgan fingerprint density at radius 2 is 1.95 bits per heavy atom. The topological polar surface area (TPSA) is 49.5 Å². The average molecular weight is 296 g/mol. The number of rotatable bonds is 4. The molecule has 0 radical (unpaired) electrons. The van der Waals surface area contributed by atoms with Crippen LogP contribution in [0.25, 0.3) is 0 Å². The van der Waals surface area contributed by atoms with Crippen molar-refractivity contribution in [1.82, 2.24) is 4.90 Å². The number of aliphatic hydroxyl groups is 1. The van der Waals surface area contributed by atoms with Crippen molar-refractivity contribution in [2.45, 2.75) is 65.3 Å². The smallest absolute Gasteiger partial charge is 0.0434 e. The molecule has 0 aromatic heterocycles. The van der Waals surface area contributed by atoms with Gasteiger partial charge in [-0.1, -0.05) is 20.8 Å². The summed E-state index contributed by atoms with van der Waals surface area (Å²) in [4.78, 5) is 2.72. The van der Waals surface area contributed by atoms with Crippen LogP contribution in [0.3, 0.4) is 0 Å². The first-order valence-corrected chi connectivity index (χ1v) is 9.00. The largest absolute Gasteiger partial charge is 0.396 e. The molecule has 3 heteroatoms. The fourth-order valence-corrected chi connectivity index (χ4v) is 4.53. The van der Waals surface area contributed by atoms with E-state index >= 15 is 0 Å². The second kappa shape index (κ2) is 7.43. The van der Waals surface area contributed by atoms with Crippen LogP contribution in [-0.4, -0.2) is 42.3 Å². The second-order valence-electron chi connectivity index (χ2n) is 8.45. The Hall–Kier alpha value is -0.120. The molecule has 4 unspecified atom stereocenters. The highest BCUT2D eigenvalue weighted by molar-refractivity contribution is 4.92. The summed E-state index contributed by atoms with van der Waals surface area (Å²) in [5, 5.41) is 9.22. The molecule has 0 amide bonds. The molecule has 1 aliphatic heterocycles. The van der Waals surface area contributed by atoms with Crippen LogP contribution in [0.1, 0.15) is 59.3 Å². The highest BCUT2D eigenvalue weighted by Gasteiger charge is 2.39. The van der Waals surface area contributed by atoms with Crippen molar-refractivity contribution in [3.8, 4) is 0 Å². The molecule has 0 aromatic carbocycles. The number of nitrogens with zero attached hydrogens (tertiary/aromatic N) is 1. The summed E-state index contributed by atoms with van der Waals surface area (Å²) in [5.41, 5.74) is 6.50. The SMILES string of the molecule is CC(C)(C)C1CCC(CN)C(N2CCCC(CCO)C2)C1. The van der Waals surface area contributed by atoms with Gasteiger partial charge in [0.1, 0.15) is 0 Å². The van der Waals surface area contributed by atoms with Crippen LogP contribution in [0.15, 0.2) is 0 Å². The number of piperidine rings is 1. The predicted molar refractivity (Wildman–Crippen MR) is 89.1 cm³/mol. The fourth-order valence-electron chi connectivity index (χ4n) is 4.53. The molecule has 0 spiro atoms. The lowest BCUT2D eigenvalue weighted by molar-refractivity contribution is 0.0181. The Morgan fingerprint density at radius 3 is 2.57 bits per heavy atom. The van der Waals surface area contributed by atoms with Crippen LogP contribution >= 0.6 is 0 Å². The van der Waals surface area contributed by atoms with Crippen molar-refractivity contribution in [3.05, 3.63) is 0 Å². The molecule has 1 aliphatic carbocycles. The molecule has 124 valence electrons. The van der Waals surface area contributed by atoms with Gasteiger partial charge >= 0.3 is 0 Å². The Morgan fingerprint density at radius 1 is 1.19 bits per heavy atom. The van der Waals surface area contributed by atoms with E-state index in [1.54, 1.807) is 0 Å². The van der Waals surface area contributed by atoms with E-state index in [0.717, 1.165) is 18.9 Å². The maximum absolute atomic E-state index is 9.22. The van der Waals surface area contributed by atoms with E-state index in [2.05, 4.69) is 25.7 Å². The third-order valence-corrected chi connectivity index (χ3v) is 6.04. The highest BCUT2D eigenvalue weighted by atomic mass is 16.3. The van der Waals surface area contributed by atoms with E-state index < -0.39 is 0 Å². The highest BCUT2D eigenvalue weighted by Crippen LogP contribution is 2.42. The molecule has 0 bridgehead atoms. The maximum Gasteiger partial charge on any atom is 0.0434 e. The van der Waals surface area contributed by atoms with E-state index in [4.69, 9.17) is 5.73 Å². The fraction of sp³-hybridized carbons (Fsp3) is 1.00. The molecule has 2 fully saturated rings. The minimum Gasteiger partial charge on any atom is -0.396 e. The molecule has 21 heavy (non-hydrogen) atoms. The molecular weight excluding hydrogens is 260 g/mol. The van der Waals surface area contributed by atoms with Gasteiger partial charge in [0.25, 0.3) is 0 Å². The van der Waals surface area contributed by atoms with E-state index in [1.807, 2.05) is 0 Å². The van der Waals surface area contributed by atoms with Gasteiger partial charge in [-0.2, -0.15) is 0 Å². The number of aliphatic hydroxyl groups excluding tert-OH is 1. The van der Waals surface area contributed by atoms with Gasteiger partial charge in [0.15, 0.2) is 0 Å². The van der Waals surface area contributed by atoms with Gasteiger partial charge in [-0.05, 0) is 74.8 Å². The third kappa shape index (κ3) is 4.43. The third-order valence-electron chi connectivity index (χ3n) is 6.04. The van der Waals surface area contributed by atoms with Crippen LogP contribution in [-0.2, 0) is 0 Å². The quantitative estimate of drug-likeness (QED) is 0.838. The Labute approximate surface area is 131 Å². The van der Waals surface area contributed by atoms with Crippen molar-refractivity contribution in [1.29, 1.82) is 0 Å². The molecule has 3 N–H and O–H groups in total. The van der Waals surface area contributed by atoms with Crippen molar-refractivity contribution < 1.29 is 5.11 Å². The van der Waals surface area contributed by atoms with Crippen molar-refractivity contribution in [2.75, 3.05) is 26.2 Å². The summed E-state index contributed by atoms with van der Waals surface area (Å²) in [6, 6.07) is 0.675. The summed E-state index contributed by atoms with van der Waals surface area (Å²) in [5.74, 6) is 2.19. The minimum absolute atomic E-state index is 0.341. The normalized spacial score (nSPS) is 35.9. The first-order chi connectivity index (χ1) is 9.95. The molecule has 2 aliphatic rings. The van der Waals surface area contributed by atoms with Crippen LogP contribution in [0.4, 0.5) is 0 Å². The summed E-state index contributed by atoms with van der Waals surface area (Å²) in [7, 11) is 0. The van der Waals surface area contributed by atoms with Gasteiger partial charge in [0.2, 0.25) is 0 Å². The van der Waals surface area contributed by atoms with Gasteiger partial charge in [0, 0.05) is 19.2 Å². The monoisotopic (exact) mass is 296 g/mol. The summed E-state index contributed by atoms with van der Waals surface area (Å²) >= 11 is 0. The predicted octanol–water partition coefficient (Wildman–Crippen LogP) is 2.87. The van der Waals surface area contributed by atoms with Gasteiger partial charge in [0.05, 0.1) is 0 Å². The summed E-state index contributed by atoms with van der Waals surface area (Å²) < 4.78 is 0. The molecule has 1 saturated carbocycles. The van der Waals surface area contributed by atoms with Gasteiger partial charge in [-0.3, -0.25) is 4.90 Å². The van der Waals surface area contributed by atoms with Crippen molar-refractivity contribution >= 4 is 0 Å². The van der Waals surface area contributed by atoms with Crippen LogP contribution in [0.5, 0.6) is 0 Å². The van der Waals surface area contributed by atoms with Crippen molar-refractivity contribution in [2.24, 2.45) is 28.9 Å². The zero-order chi connectivity index (χ0) is 15.5. The summed E-state index contributed by atoms with van der Waals surface area (Å²) in [6.45, 7) is 10.8. The standard InChI is InChI=1S/C18H36N2O/c1-18(2,3)16-7-6-15(12-19)17(11-16)20-9-4-5-14(13-20)8-10-21/h14-17,21H,4-13,19H2,1-3H3. The molecule has 0 aromatic rings. The molecular formula is C18H36N2O. The molecule has 3 nitrogen and oxygen atoms in total. The Balaban J connectivity index is 2.02. The summed E-state index contributed by atoms with van der Waals surface area (Å²) in [6.07, 6.45) is 7.51. The number of hydrogen-bond acceptors (Lipinski definition) is 3. The van der Waals surface area contributed by atoms with Crippen LogP contribution in [0.2, 0.25) is 0 Å². The Kier molecular flexibility index (Phi) is 6.10. The zero-order valence-corrected chi connectivity index (χ0v) is 14.4. The minimum atomic E-state index is 0.341. The molecule has 1 saturated heterocycles. The first-order valence-electron chi connectivity index (χ1n) is 9.00. The molecule has 2 rings (SSSR count). The van der Waals surface area contributed by atoms with Gasteiger partial charge in [-0.15, -0.1) is 0 Å². The van der Waals surface area contributed by atoms with Gasteiger partial charge < -0.3 is 10.8 Å². The zero-order valence-electron chi connectivity index (χ0n) is 14.4. The second-order valence-corrected chi connectivity index (χ2v) is 8.45. The lowest BCUT2D eigenvalue weighted by Gasteiger charge is -2.48. The van der Waals surface area contributed by atoms with Crippen LogP contribution < -0.4 is 5.73 Å². The number of nitrogens with two attached hydrogens (primary N) is 1. The molecule has 4 atom stereocenters. The number of likely N-dealkylation sites (tertiary alicyclic amines) is 1.